The highest BCUT2D eigenvalue weighted by Crippen LogP contribution is 2.34. The Bertz CT molecular complexity index is 1450. The first kappa shape index (κ1) is 18.8. The van der Waals surface area contributed by atoms with E-state index in [-0.39, 0.29) is 0 Å². The summed E-state index contributed by atoms with van der Waals surface area (Å²) >= 11 is 0. The molecule has 0 unspecified atom stereocenters. The molecule has 0 spiro atoms. The van der Waals surface area contributed by atoms with E-state index in [1.807, 2.05) is 37.5 Å². The maximum atomic E-state index is 4.58. The topological polar surface area (TPSA) is 70.2 Å². The number of benzene rings is 1. The van der Waals surface area contributed by atoms with Crippen molar-refractivity contribution in [3.8, 4) is 22.5 Å². The van der Waals surface area contributed by atoms with Crippen LogP contribution in [0.5, 0.6) is 0 Å². The summed E-state index contributed by atoms with van der Waals surface area (Å²) in [6, 6.07) is 14.5. The third kappa shape index (κ3) is 3.36. The van der Waals surface area contributed by atoms with Crippen LogP contribution in [0.4, 0.5) is 0 Å². The minimum atomic E-state index is 0.757. The van der Waals surface area contributed by atoms with Gasteiger partial charge in [-0.05, 0) is 42.3 Å². The Morgan fingerprint density at radius 1 is 1.06 bits per heavy atom. The van der Waals surface area contributed by atoms with E-state index in [2.05, 4.69) is 74.2 Å². The molecule has 5 nitrogen and oxygen atoms in total. The predicted octanol–water partition coefficient (Wildman–Crippen LogP) is 6.31. The number of H-pyrrole nitrogens is 2. The van der Waals surface area contributed by atoms with Crippen LogP contribution >= 0.6 is 0 Å². The maximum absolute atomic E-state index is 4.58. The van der Waals surface area contributed by atoms with Crippen molar-refractivity contribution in [1.82, 2.24) is 25.1 Å². The number of pyridine rings is 2. The number of aromatic amines is 2. The molecule has 0 fully saturated rings. The molecule has 5 heteroatoms. The third-order valence-corrected chi connectivity index (χ3v) is 5.36. The van der Waals surface area contributed by atoms with E-state index in [4.69, 9.17) is 0 Å². The summed E-state index contributed by atoms with van der Waals surface area (Å²) < 4.78 is 0. The van der Waals surface area contributed by atoms with Crippen molar-refractivity contribution >= 4 is 27.5 Å². The Morgan fingerprint density at radius 3 is 2.81 bits per heavy atom. The molecule has 5 aromatic rings. The quantitative estimate of drug-likeness (QED) is 0.338. The Kier molecular flexibility index (Phi) is 4.77. The molecule has 0 aliphatic rings. The van der Waals surface area contributed by atoms with Gasteiger partial charge in [-0.25, -0.2) is 4.98 Å². The number of hydrogen-bond acceptors (Lipinski definition) is 3. The van der Waals surface area contributed by atoms with E-state index in [0.29, 0.717) is 0 Å². The molecule has 1 aromatic carbocycles. The van der Waals surface area contributed by atoms with Gasteiger partial charge in [0.25, 0.3) is 0 Å². The van der Waals surface area contributed by atoms with Crippen LogP contribution in [0.1, 0.15) is 12.5 Å². The van der Waals surface area contributed by atoms with Crippen LogP contribution in [-0.4, -0.2) is 25.1 Å². The van der Waals surface area contributed by atoms with Gasteiger partial charge >= 0.3 is 0 Å². The van der Waals surface area contributed by atoms with Crippen molar-refractivity contribution < 1.29 is 0 Å². The molecule has 0 saturated carbocycles. The van der Waals surface area contributed by atoms with Crippen LogP contribution in [-0.2, 0) is 0 Å². The lowest BCUT2D eigenvalue weighted by atomic mass is 10.0. The summed E-state index contributed by atoms with van der Waals surface area (Å²) in [7, 11) is 0. The molecule has 4 heterocycles. The van der Waals surface area contributed by atoms with Gasteiger partial charge in [-0.1, -0.05) is 49.1 Å². The van der Waals surface area contributed by atoms with E-state index in [1.54, 1.807) is 12.3 Å². The van der Waals surface area contributed by atoms with Gasteiger partial charge in [0.2, 0.25) is 0 Å². The summed E-state index contributed by atoms with van der Waals surface area (Å²) in [6.07, 6.45) is 13.3. The molecular formula is C26H21N5. The molecule has 0 aliphatic carbocycles. The molecule has 4 aromatic heterocycles. The number of aromatic nitrogens is 5. The third-order valence-electron chi connectivity index (χ3n) is 5.36. The van der Waals surface area contributed by atoms with Crippen molar-refractivity contribution in [3.05, 3.63) is 97.5 Å². The summed E-state index contributed by atoms with van der Waals surface area (Å²) in [4.78, 5) is 12.4. The number of fused-ring (bicyclic) bond motifs is 2. The van der Waals surface area contributed by atoms with Gasteiger partial charge in [-0.15, -0.1) is 0 Å². The van der Waals surface area contributed by atoms with Crippen LogP contribution < -0.4 is 0 Å². The molecule has 31 heavy (non-hydrogen) atoms. The zero-order chi connectivity index (χ0) is 21.2. The standard InChI is InChI=1S/C26H21N5/c1-3-5-8-17(4-2)19-13-22-25(30-31-26(22)28-16-19)24-14-21-20(10-6-11-23(21)29-24)18-9-7-12-27-15-18/h3-16,29H,1H2,2H3,(H,28,30,31)/b8-5-,17-4+. The van der Waals surface area contributed by atoms with E-state index in [1.165, 1.54) is 0 Å². The fraction of sp³-hybridized carbons (Fsp3) is 0.0385. The molecule has 0 amide bonds. The van der Waals surface area contributed by atoms with Gasteiger partial charge in [0.05, 0.1) is 5.69 Å². The number of allylic oxidation sites excluding steroid dienone is 5. The van der Waals surface area contributed by atoms with E-state index < -0.39 is 0 Å². The van der Waals surface area contributed by atoms with E-state index in [0.717, 1.165) is 55.6 Å². The van der Waals surface area contributed by atoms with Gasteiger partial charge in [-0.3, -0.25) is 10.1 Å². The lowest BCUT2D eigenvalue weighted by molar-refractivity contribution is 1.10. The lowest BCUT2D eigenvalue weighted by Gasteiger charge is -2.02. The smallest absolute Gasteiger partial charge is 0.155 e. The van der Waals surface area contributed by atoms with Gasteiger partial charge in [0, 0.05) is 46.0 Å². The summed E-state index contributed by atoms with van der Waals surface area (Å²) in [5, 5.41) is 9.73. The fourth-order valence-electron chi connectivity index (χ4n) is 3.85. The average molecular weight is 403 g/mol. The minimum Gasteiger partial charge on any atom is -0.353 e. The second kappa shape index (κ2) is 7.88. The molecular weight excluding hydrogens is 382 g/mol. The highest BCUT2D eigenvalue weighted by atomic mass is 15.2. The Labute approximate surface area is 179 Å². The number of nitrogens with zero attached hydrogens (tertiary/aromatic N) is 3. The van der Waals surface area contributed by atoms with Crippen molar-refractivity contribution in [1.29, 1.82) is 0 Å². The second-order valence-corrected chi connectivity index (χ2v) is 7.22. The second-order valence-electron chi connectivity index (χ2n) is 7.22. The Balaban J connectivity index is 1.65. The lowest BCUT2D eigenvalue weighted by Crippen LogP contribution is -1.85. The first-order chi connectivity index (χ1) is 15.3. The van der Waals surface area contributed by atoms with Crippen molar-refractivity contribution in [2.75, 3.05) is 0 Å². The maximum Gasteiger partial charge on any atom is 0.155 e. The van der Waals surface area contributed by atoms with Crippen LogP contribution in [0.15, 0.2) is 91.9 Å². The highest BCUT2D eigenvalue weighted by Gasteiger charge is 2.15. The Hall–Kier alpha value is -4.25. The molecule has 5 rings (SSSR count). The van der Waals surface area contributed by atoms with Gasteiger partial charge in [0.15, 0.2) is 5.65 Å². The summed E-state index contributed by atoms with van der Waals surface area (Å²) in [5.74, 6) is 0. The van der Waals surface area contributed by atoms with E-state index >= 15 is 0 Å². The number of rotatable bonds is 5. The summed E-state index contributed by atoms with van der Waals surface area (Å²) in [6.45, 7) is 5.77. The van der Waals surface area contributed by atoms with Crippen LogP contribution in [0, 0.1) is 0 Å². The van der Waals surface area contributed by atoms with Crippen LogP contribution in [0.3, 0.4) is 0 Å². The molecule has 2 N–H and O–H groups in total. The highest BCUT2D eigenvalue weighted by molar-refractivity contribution is 6.01. The molecule has 0 atom stereocenters. The average Bonchev–Trinajstić information content (AvgIpc) is 3.43. The monoisotopic (exact) mass is 403 g/mol. The Morgan fingerprint density at radius 2 is 2.00 bits per heavy atom. The zero-order valence-electron chi connectivity index (χ0n) is 17.1. The van der Waals surface area contributed by atoms with Gasteiger partial charge in [-0.2, -0.15) is 5.10 Å². The van der Waals surface area contributed by atoms with Gasteiger partial charge < -0.3 is 4.98 Å². The number of hydrogen-bond donors (Lipinski definition) is 2. The minimum absolute atomic E-state index is 0.757. The molecule has 0 bridgehead atoms. The predicted molar refractivity (Wildman–Crippen MR) is 127 cm³/mol. The first-order valence-corrected chi connectivity index (χ1v) is 10.1. The van der Waals surface area contributed by atoms with Crippen molar-refractivity contribution in [2.24, 2.45) is 0 Å². The van der Waals surface area contributed by atoms with Crippen LogP contribution in [0.2, 0.25) is 0 Å². The molecule has 0 radical (unpaired) electrons. The fourth-order valence-corrected chi connectivity index (χ4v) is 3.85. The van der Waals surface area contributed by atoms with E-state index in [9.17, 15) is 0 Å². The van der Waals surface area contributed by atoms with Gasteiger partial charge in [0.1, 0.15) is 5.69 Å². The normalized spacial score (nSPS) is 12.2. The first-order valence-electron chi connectivity index (χ1n) is 10.1. The molecule has 0 aliphatic heterocycles. The van der Waals surface area contributed by atoms with Crippen LogP contribution in [0.25, 0.3) is 50.0 Å². The van der Waals surface area contributed by atoms with Crippen molar-refractivity contribution in [3.63, 3.8) is 0 Å². The zero-order valence-corrected chi connectivity index (χ0v) is 17.1. The largest absolute Gasteiger partial charge is 0.353 e. The number of nitrogens with one attached hydrogen (secondary N) is 2. The van der Waals surface area contributed by atoms with Crippen molar-refractivity contribution in [2.45, 2.75) is 6.92 Å². The summed E-state index contributed by atoms with van der Waals surface area (Å²) in [5.41, 5.74) is 7.94. The molecule has 150 valence electrons. The molecule has 0 saturated heterocycles. The SMILES string of the molecule is C=C/C=C\C(=C/C)c1cnc2[nH]nc(-c3cc4c(-c5cccnc5)cccc4[nH]3)c2c1.